The summed E-state index contributed by atoms with van der Waals surface area (Å²) in [6.07, 6.45) is 10.9. The van der Waals surface area contributed by atoms with Crippen molar-refractivity contribution in [3.63, 3.8) is 0 Å². The molecule has 3 fully saturated rings. The molecule has 0 aromatic carbocycles. The smallest absolute Gasteiger partial charge is 0.320 e. The van der Waals surface area contributed by atoms with Crippen molar-refractivity contribution in [1.82, 2.24) is 29.5 Å². The first-order valence-corrected chi connectivity index (χ1v) is 10.7. The number of aromatic nitrogens is 4. The van der Waals surface area contributed by atoms with Gasteiger partial charge in [-0.1, -0.05) is 19.3 Å². The van der Waals surface area contributed by atoms with Gasteiger partial charge in [0, 0.05) is 26.2 Å². The number of hydrogen-bond donors (Lipinski definition) is 1. The Balaban J connectivity index is 1.34. The lowest BCUT2D eigenvalue weighted by atomic mass is 9.96. The molecule has 2 aliphatic heterocycles. The van der Waals surface area contributed by atoms with Crippen LogP contribution in [0.1, 0.15) is 69.2 Å². The van der Waals surface area contributed by atoms with E-state index in [0.29, 0.717) is 36.0 Å². The number of likely N-dealkylation sites (tertiary alicyclic amines) is 2. The number of aromatic amines is 1. The van der Waals surface area contributed by atoms with E-state index in [1.54, 1.807) is 6.20 Å². The Kier molecular flexibility index (Phi) is 4.56. The van der Waals surface area contributed by atoms with Gasteiger partial charge in [0.05, 0.1) is 18.2 Å². The van der Waals surface area contributed by atoms with Gasteiger partial charge in [-0.2, -0.15) is 5.10 Å². The first-order valence-electron chi connectivity index (χ1n) is 10.7. The molecule has 1 saturated carbocycles. The third-order valence-corrected chi connectivity index (χ3v) is 6.57. The average Bonchev–Trinajstić information content (AvgIpc) is 3.13. The lowest BCUT2D eigenvalue weighted by Gasteiger charge is -2.42. The molecule has 4 heterocycles. The first kappa shape index (κ1) is 17.7. The third kappa shape index (κ3) is 3.08. The fourth-order valence-electron chi connectivity index (χ4n) is 4.83. The molecule has 8 nitrogen and oxygen atoms in total. The summed E-state index contributed by atoms with van der Waals surface area (Å²) < 4.78 is 1.96. The number of hydrogen-bond acceptors (Lipinski definition) is 4. The van der Waals surface area contributed by atoms with Crippen molar-refractivity contribution >= 4 is 17.1 Å². The molecule has 2 aromatic heterocycles. The molecule has 2 saturated heterocycles. The lowest BCUT2D eigenvalue weighted by Crippen LogP contribution is -2.55. The minimum absolute atomic E-state index is 0.0977. The van der Waals surface area contributed by atoms with Crippen molar-refractivity contribution in [2.75, 3.05) is 26.2 Å². The number of nitrogens with one attached hydrogen (secondary N) is 1. The van der Waals surface area contributed by atoms with E-state index in [4.69, 9.17) is 4.98 Å². The van der Waals surface area contributed by atoms with Crippen molar-refractivity contribution < 1.29 is 4.79 Å². The largest absolute Gasteiger partial charge is 0.325 e. The van der Waals surface area contributed by atoms with Gasteiger partial charge in [0.15, 0.2) is 5.65 Å². The zero-order valence-electron chi connectivity index (χ0n) is 16.3. The second kappa shape index (κ2) is 7.22. The molecule has 5 rings (SSSR count). The first-order chi connectivity index (χ1) is 13.7. The molecule has 1 aliphatic carbocycles. The van der Waals surface area contributed by atoms with Crippen molar-refractivity contribution in [2.24, 2.45) is 0 Å². The SMILES string of the molecule is O=C(N1CCCCC1)N1CC(c2nc3c(cnn3C3CCCCC3)c(=O)[nH]2)C1. The summed E-state index contributed by atoms with van der Waals surface area (Å²) in [5.74, 6) is 0.790. The van der Waals surface area contributed by atoms with Gasteiger partial charge in [0.2, 0.25) is 0 Å². The highest BCUT2D eigenvalue weighted by molar-refractivity contribution is 5.76. The fourth-order valence-corrected chi connectivity index (χ4v) is 4.83. The number of rotatable bonds is 2. The number of H-pyrrole nitrogens is 1. The Morgan fingerprint density at radius 2 is 1.71 bits per heavy atom. The highest BCUT2D eigenvalue weighted by Gasteiger charge is 2.36. The zero-order valence-corrected chi connectivity index (χ0v) is 16.3. The normalized spacial score (nSPS) is 21.9. The van der Waals surface area contributed by atoms with Crippen LogP contribution >= 0.6 is 0 Å². The maximum atomic E-state index is 12.6. The Hall–Kier alpha value is -2.38. The van der Waals surface area contributed by atoms with Crippen LogP contribution in [0.2, 0.25) is 0 Å². The van der Waals surface area contributed by atoms with Gasteiger partial charge in [-0.25, -0.2) is 14.5 Å². The number of carbonyl (C=O) groups is 1. The van der Waals surface area contributed by atoms with Crippen LogP contribution in [0.5, 0.6) is 0 Å². The molecule has 0 bridgehead atoms. The van der Waals surface area contributed by atoms with Crippen LogP contribution in [0.15, 0.2) is 11.0 Å². The summed E-state index contributed by atoms with van der Waals surface area (Å²) in [5.41, 5.74) is 0.578. The standard InChI is InChI=1S/C20H28N6O2/c27-19-16-11-21-26(15-7-3-1-4-8-15)18(16)22-17(23-19)14-12-25(13-14)20(28)24-9-5-2-6-10-24/h11,14-15H,1-10,12-13H2,(H,22,23,27). The number of amides is 2. The van der Waals surface area contributed by atoms with E-state index in [9.17, 15) is 9.59 Å². The molecule has 0 unspecified atom stereocenters. The van der Waals surface area contributed by atoms with Gasteiger partial charge in [-0.15, -0.1) is 0 Å². The molecule has 28 heavy (non-hydrogen) atoms. The summed E-state index contributed by atoms with van der Waals surface area (Å²) in [7, 11) is 0. The minimum Gasteiger partial charge on any atom is -0.325 e. The molecular formula is C20H28N6O2. The minimum atomic E-state index is -0.122. The third-order valence-electron chi connectivity index (χ3n) is 6.57. The van der Waals surface area contributed by atoms with E-state index in [1.807, 2.05) is 14.5 Å². The van der Waals surface area contributed by atoms with Gasteiger partial charge < -0.3 is 14.8 Å². The van der Waals surface area contributed by atoms with Crippen LogP contribution in [0, 0.1) is 0 Å². The van der Waals surface area contributed by atoms with Crippen molar-refractivity contribution in [3.8, 4) is 0 Å². The molecule has 3 aliphatic rings. The highest BCUT2D eigenvalue weighted by atomic mass is 16.2. The van der Waals surface area contributed by atoms with Gasteiger partial charge in [-0.3, -0.25) is 4.79 Å². The van der Waals surface area contributed by atoms with E-state index >= 15 is 0 Å². The van der Waals surface area contributed by atoms with Crippen LogP contribution in [0.3, 0.4) is 0 Å². The topological polar surface area (TPSA) is 87.1 Å². The molecule has 2 amide bonds. The van der Waals surface area contributed by atoms with Gasteiger partial charge in [0.1, 0.15) is 11.2 Å². The van der Waals surface area contributed by atoms with E-state index in [0.717, 1.165) is 38.8 Å². The zero-order chi connectivity index (χ0) is 19.1. The maximum absolute atomic E-state index is 12.6. The number of carbonyl (C=O) groups excluding carboxylic acids is 1. The highest BCUT2D eigenvalue weighted by Crippen LogP contribution is 2.30. The van der Waals surface area contributed by atoms with Crippen LogP contribution in [-0.2, 0) is 0 Å². The van der Waals surface area contributed by atoms with E-state index in [1.165, 1.54) is 25.7 Å². The monoisotopic (exact) mass is 384 g/mol. The Labute approximate surface area is 163 Å². The van der Waals surface area contributed by atoms with Gasteiger partial charge in [0.25, 0.3) is 5.56 Å². The maximum Gasteiger partial charge on any atom is 0.320 e. The lowest BCUT2D eigenvalue weighted by molar-refractivity contribution is 0.105. The van der Waals surface area contributed by atoms with E-state index in [2.05, 4.69) is 10.1 Å². The second-order valence-corrected chi connectivity index (χ2v) is 8.50. The van der Waals surface area contributed by atoms with Crippen LogP contribution in [0.25, 0.3) is 11.0 Å². The van der Waals surface area contributed by atoms with Crippen LogP contribution in [-0.4, -0.2) is 61.8 Å². The summed E-state index contributed by atoms with van der Waals surface area (Å²) in [6, 6.07) is 0.471. The average molecular weight is 384 g/mol. The Morgan fingerprint density at radius 3 is 2.46 bits per heavy atom. The molecule has 8 heteroatoms. The molecule has 2 aromatic rings. The number of urea groups is 1. The summed E-state index contributed by atoms with van der Waals surface area (Å²) >= 11 is 0. The molecule has 0 atom stereocenters. The summed E-state index contributed by atoms with van der Waals surface area (Å²) in [5, 5.41) is 5.06. The summed E-state index contributed by atoms with van der Waals surface area (Å²) in [4.78, 5) is 36.7. The van der Waals surface area contributed by atoms with Crippen molar-refractivity contribution in [1.29, 1.82) is 0 Å². The Bertz CT molecular complexity index is 916. The number of fused-ring (bicyclic) bond motifs is 1. The second-order valence-electron chi connectivity index (χ2n) is 8.50. The van der Waals surface area contributed by atoms with Crippen molar-refractivity contribution in [2.45, 2.75) is 63.3 Å². The molecule has 1 N–H and O–H groups in total. The molecule has 0 spiro atoms. The molecule has 150 valence electrons. The predicted molar refractivity (Wildman–Crippen MR) is 105 cm³/mol. The quantitative estimate of drug-likeness (QED) is 0.862. The van der Waals surface area contributed by atoms with Gasteiger partial charge in [-0.05, 0) is 32.1 Å². The fraction of sp³-hybridized carbons (Fsp3) is 0.700. The Morgan fingerprint density at radius 1 is 1.00 bits per heavy atom. The number of piperidine rings is 1. The van der Waals surface area contributed by atoms with Crippen molar-refractivity contribution in [3.05, 3.63) is 22.4 Å². The van der Waals surface area contributed by atoms with E-state index < -0.39 is 0 Å². The van der Waals surface area contributed by atoms with Gasteiger partial charge >= 0.3 is 6.03 Å². The van der Waals surface area contributed by atoms with E-state index in [-0.39, 0.29) is 17.5 Å². The van der Waals surface area contributed by atoms with Crippen LogP contribution < -0.4 is 5.56 Å². The predicted octanol–water partition coefficient (Wildman–Crippen LogP) is 2.63. The van der Waals surface area contributed by atoms with Crippen LogP contribution in [0.4, 0.5) is 4.79 Å². The molecule has 0 radical (unpaired) electrons. The number of nitrogens with zero attached hydrogens (tertiary/aromatic N) is 5. The summed E-state index contributed by atoms with van der Waals surface area (Å²) in [6.45, 7) is 2.98. The molecular weight excluding hydrogens is 356 g/mol.